The summed E-state index contributed by atoms with van der Waals surface area (Å²) in [6, 6.07) is 8.66. The minimum Gasteiger partial charge on any atom is -0.497 e. The highest BCUT2D eigenvalue weighted by Crippen LogP contribution is 2.36. The molecule has 3 heterocycles. The normalized spacial score (nSPS) is 20.7. The van der Waals surface area contributed by atoms with E-state index in [0.29, 0.717) is 17.6 Å². The summed E-state index contributed by atoms with van der Waals surface area (Å²) < 4.78 is 5.24. The van der Waals surface area contributed by atoms with Crippen molar-refractivity contribution in [1.82, 2.24) is 19.9 Å². The van der Waals surface area contributed by atoms with Gasteiger partial charge in [0, 0.05) is 18.5 Å². The van der Waals surface area contributed by atoms with Crippen LogP contribution in [0.4, 0.5) is 11.8 Å². The fraction of sp³-hybridized carbons (Fsp3) is 0.353. The number of rotatable bonds is 3. The van der Waals surface area contributed by atoms with E-state index in [4.69, 9.17) is 10.5 Å². The number of hydrogen-bond acceptors (Lipinski definition) is 6. The van der Waals surface area contributed by atoms with E-state index < -0.39 is 0 Å². The van der Waals surface area contributed by atoms with Crippen LogP contribution in [0.2, 0.25) is 0 Å². The Morgan fingerprint density at radius 1 is 1.25 bits per heavy atom. The van der Waals surface area contributed by atoms with Crippen molar-refractivity contribution in [3.8, 4) is 5.75 Å². The second kappa shape index (κ2) is 5.67. The van der Waals surface area contributed by atoms with Gasteiger partial charge >= 0.3 is 0 Å². The third-order valence-corrected chi connectivity index (χ3v) is 4.72. The van der Waals surface area contributed by atoms with Gasteiger partial charge in [0.15, 0.2) is 11.5 Å². The lowest BCUT2D eigenvalue weighted by Crippen LogP contribution is -2.28. The Morgan fingerprint density at radius 2 is 2.04 bits per heavy atom. The standard InChI is InChI=1S/C17H20N6O/c1-10-7-12(11-3-5-13(24-2)6-4-11)8-23(10)16-14-15(20-9-19-14)21-17(18)22-16/h3-6,9-10,12H,7-8H2,1-2H3,(H3,18,19,20,21,22)/t10-,12-/m0/s1. The summed E-state index contributed by atoms with van der Waals surface area (Å²) in [6.07, 6.45) is 2.69. The fourth-order valence-corrected chi connectivity index (χ4v) is 3.49. The van der Waals surface area contributed by atoms with Crippen molar-refractivity contribution in [2.24, 2.45) is 0 Å². The van der Waals surface area contributed by atoms with Gasteiger partial charge in [-0.25, -0.2) is 4.98 Å². The molecule has 0 spiro atoms. The smallest absolute Gasteiger partial charge is 0.224 e. The summed E-state index contributed by atoms with van der Waals surface area (Å²) in [5.41, 5.74) is 8.62. The fourth-order valence-electron chi connectivity index (χ4n) is 3.49. The molecule has 0 saturated carbocycles. The number of anilines is 2. The molecule has 1 saturated heterocycles. The van der Waals surface area contributed by atoms with E-state index in [1.54, 1.807) is 13.4 Å². The van der Waals surface area contributed by atoms with Crippen LogP contribution >= 0.6 is 0 Å². The first kappa shape index (κ1) is 14.7. The largest absolute Gasteiger partial charge is 0.497 e. The molecular formula is C17H20N6O. The molecule has 0 amide bonds. The molecule has 7 nitrogen and oxygen atoms in total. The van der Waals surface area contributed by atoms with Gasteiger partial charge in [-0.15, -0.1) is 0 Å². The summed E-state index contributed by atoms with van der Waals surface area (Å²) in [6.45, 7) is 3.10. The molecule has 4 rings (SSSR count). The molecule has 24 heavy (non-hydrogen) atoms. The molecule has 1 aliphatic heterocycles. The summed E-state index contributed by atoms with van der Waals surface area (Å²) in [7, 11) is 1.68. The van der Waals surface area contributed by atoms with Crippen molar-refractivity contribution in [2.45, 2.75) is 25.3 Å². The third kappa shape index (κ3) is 2.42. The van der Waals surface area contributed by atoms with Gasteiger partial charge in [-0.05, 0) is 31.0 Å². The van der Waals surface area contributed by atoms with E-state index in [2.05, 4.69) is 43.9 Å². The van der Waals surface area contributed by atoms with E-state index in [9.17, 15) is 0 Å². The van der Waals surface area contributed by atoms with Gasteiger partial charge in [0.25, 0.3) is 0 Å². The van der Waals surface area contributed by atoms with Crippen LogP contribution in [0.15, 0.2) is 30.6 Å². The molecule has 2 atom stereocenters. The second-order valence-electron chi connectivity index (χ2n) is 6.21. The number of aromatic amines is 1. The van der Waals surface area contributed by atoms with Crippen LogP contribution in [-0.4, -0.2) is 39.6 Å². The molecule has 124 valence electrons. The number of nitrogen functional groups attached to an aromatic ring is 1. The van der Waals surface area contributed by atoms with Gasteiger partial charge in [-0.2, -0.15) is 9.97 Å². The van der Waals surface area contributed by atoms with Crippen LogP contribution in [0.1, 0.15) is 24.8 Å². The number of aromatic nitrogens is 4. The Labute approximate surface area is 139 Å². The summed E-state index contributed by atoms with van der Waals surface area (Å²) in [5, 5.41) is 0. The summed E-state index contributed by atoms with van der Waals surface area (Å²) in [5.74, 6) is 2.41. The Balaban J connectivity index is 1.65. The Morgan fingerprint density at radius 3 is 2.79 bits per heavy atom. The van der Waals surface area contributed by atoms with Crippen molar-refractivity contribution in [3.63, 3.8) is 0 Å². The molecule has 1 aromatic carbocycles. The molecule has 0 bridgehead atoms. The van der Waals surface area contributed by atoms with Crippen molar-refractivity contribution in [3.05, 3.63) is 36.2 Å². The van der Waals surface area contributed by atoms with Crippen LogP contribution in [0, 0.1) is 0 Å². The number of nitrogens with one attached hydrogen (secondary N) is 1. The van der Waals surface area contributed by atoms with E-state index in [1.807, 2.05) is 12.1 Å². The summed E-state index contributed by atoms with van der Waals surface area (Å²) in [4.78, 5) is 18.3. The zero-order valence-electron chi connectivity index (χ0n) is 13.7. The van der Waals surface area contributed by atoms with Crippen molar-refractivity contribution in [2.75, 3.05) is 24.3 Å². The number of hydrogen-bond donors (Lipinski definition) is 2. The SMILES string of the molecule is COc1ccc([C@H]2C[C@H](C)N(c3nc(N)nc4nc[nH]c34)C2)cc1. The highest BCUT2D eigenvalue weighted by molar-refractivity contribution is 5.84. The molecule has 1 aliphatic rings. The van der Waals surface area contributed by atoms with Gasteiger partial charge in [0.2, 0.25) is 5.95 Å². The maximum atomic E-state index is 5.86. The third-order valence-electron chi connectivity index (χ3n) is 4.72. The first-order valence-corrected chi connectivity index (χ1v) is 8.03. The Kier molecular flexibility index (Phi) is 3.48. The maximum absolute atomic E-state index is 5.86. The lowest BCUT2D eigenvalue weighted by Gasteiger charge is -2.23. The average molecular weight is 324 g/mol. The van der Waals surface area contributed by atoms with E-state index >= 15 is 0 Å². The van der Waals surface area contributed by atoms with E-state index in [0.717, 1.165) is 30.0 Å². The average Bonchev–Trinajstić information content (AvgIpc) is 3.20. The number of fused-ring (bicyclic) bond motifs is 1. The minimum absolute atomic E-state index is 0.254. The highest BCUT2D eigenvalue weighted by Gasteiger charge is 2.32. The van der Waals surface area contributed by atoms with Crippen LogP contribution < -0.4 is 15.4 Å². The highest BCUT2D eigenvalue weighted by atomic mass is 16.5. The van der Waals surface area contributed by atoms with Gasteiger partial charge in [0.1, 0.15) is 11.3 Å². The molecule has 2 aromatic heterocycles. The molecular weight excluding hydrogens is 304 g/mol. The van der Waals surface area contributed by atoms with E-state index in [1.165, 1.54) is 5.56 Å². The molecule has 0 unspecified atom stereocenters. The maximum Gasteiger partial charge on any atom is 0.224 e. The monoisotopic (exact) mass is 324 g/mol. The zero-order chi connectivity index (χ0) is 16.7. The number of ether oxygens (including phenoxy) is 1. The number of H-pyrrole nitrogens is 1. The number of imidazole rings is 1. The topological polar surface area (TPSA) is 92.9 Å². The predicted octanol–water partition coefficient (Wildman–Crippen LogP) is 2.33. The lowest BCUT2D eigenvalue weighted by atomic mass is 9.97. The van der Waals surface area contributed by atoms with Crippen molar-refractivity contribution >= 4 is 22.9 Å². The first-order chi connectivity index (χ1) is 11.7. The van der Waals surface area contributed by atoms with Crippen LogP contribution in [0.3, 0.4) is 0 Å². The van der Waals surface area contributed by atoms with Gasteiger partial charge in [-0.3, -0.25) is 0 Å². The minimum atomic E-state index is 0.254. The number of nitrogens with two attached hydrogens (primary N) is 1. The van der Waals surface area contributed by atoms with Crippen LogP contribution in [0.5, 0.6) is 5.75 Å². The summed E-state index contributed by atoms with van der Waals surface area (Å²) >= 11 is 0. The quantitative estimate of drug-likeness (QED) is 0.768. The molecule has 3 N–H and O–H groups in total. The predicted molar refractivity (Wildman–Crippen MR) is 93.3 cm³/mol. The van der Waals surface area contributed by atoms with E-state index in [-0.39, 0.29) is 5.95 Å². The lowest BCUT2D eigenvalue weighted by molar-refractivity contribution is 0.414. The van der Waals surface area contributed by atoms with Crippen molar-refractivity contribution in [1.29, 1.82) is 0 Å². The Bertz CT molecular complexity index is 859. The van der Waals surface area contributed by atoms with Gasteiger partial charge < -0.3 is 20.4 Å². The zero-order valence-corrected chi connectivity index (χ0v) is 13.7. The molecule has 0 radical (unpaired) electrons. The molecule has 3 aromatic rings. The number of nitrogens with zero attached hydrogens (tertiary/aromatic N) is 4. The van der Waals surface area contributed by atoms with Crippen LogP contribution in [-0.2, 0) is 0 Å². The van der Waals surface area contributed by atoms with Gasteiger partial charge in [-0.1, -0.05) is 12.1 Å². The molecule has 0 aliphatic carbocycles. The number of methoxy groups -OCH3 is 1. The number of benzene rings is 1. The molecule has 1 fully saturated rings. The second-order valence-corrected chi connectivity index (χ2v) is 6.21. The van der Waals surface area contributed by atoms with Crippen LogP contribution in [0.25, 0.3) is 11.2 Å². The Hall–Kier alpha value is -2.83. The van der Waals surface area contributed by atoms with Gasteiger partial charge in [0.05, 0.1) is 13.4 Å². The first-order valence-electron chi connectivity index (χ1n) is 8.03. The van der Waals surface area contributed by atoms with Crippen molar-refractivity contribution < 1.29 is 4.74 Å². The molecule has 7 heteroatoms.